The highest BCUT2D eigenvalue weighted by Crippen LogP contribution is 2.39. The number of aliphatic hydroxyl groups excluding tert-OH is 1. The molecule has 1 aromatic carbocycles. The third kappa shape index (κ3) is 11.0. The van der Waals surface area contributed by atoms with Crippen molar-refractivity contribution in [1.82, 2.24) is 25.8 Å². The van der Waals surface area contributed by atoms with Gasteiger partial charge in [-0.2, -0.15) is 0 Å². The standard InChI is InChI=1S/C36H59N5O4S/c1-6-25(2)33(38-32(43)23-40-18-12-13-19-40)35(45)37-29(24-46-28-16-8-7-9-17-28)31(42)22-41-21-27-15-11-10-14-26(27)20-30(41)34(44)39-36(3,4)5/h7-9,16-17,25-27,29-31,33,42H,6,10-15,18-24H2,1-5H3,(H,37,45)(H,38,43)(H,39,44). The van der Waals surface area contributed by atoms with Gasteiger partial charge in [0, 0.05) is 29.3 Å². The van der Waals surface area contributed by atoms with Crippen LogP contribution >= 0.6 is 11.8 Å². The molecule has 2 saturated heterocycles. The number of aliphatic hydroxyl groups is 1. The number of carbonyl (C=O) groups is 3. The molecule has 0 spiro atoms. The van der Waals surface area contributed by atoms with Crippen LogP contribution < -0.4 is 16.0 Å². The smallest absolute Gasteiger partial charge is 0.243 e. The average molecular weight is 658 g/mol. The van der Waals surface area contributed by atoms with Gasteiger partial charge in [-0.1, -0.05) is 57.7 Å². The van der Waals surface area contributed by atoms with Crippen molar-refractivity contribution in [2.45, 2.75) is 121 Å². The van der Waals surface area contributed by atoms with Crippen LogP contribution in [-0.2, 0) is 14.4 Å². The van der Waals surface area contributed by atoms with Gasteiger partial charge in [-0.15, -0.1) is 11.8 Å². The molecule has 10 heteroatoms. The lowest BCUT2D eigenvalue weighted by atomic mass is 9.72. The predicted octanol–water partition coefficient (Wildman–Crippen LogP) is 4.05. The van der Waals surface area contributed by atoms with Gasteiger partial charge in [0.05, 0.1) is 24.7 Å². The molecule has 46 heavy (non-hydrogen) atoms. The number of amides is 3. The summed E-state index contributed by atoms with van der Waals surface area (Å²) in [4.78, 5) is 45.9. The van der Waals surface area contributed by atoms with Gasteiger partial charge >= 0.3 is 0 Å². The molecule has 7 unspecified atom stereocenters. The summed E-state index contributed by atoms with van der Waals surface area (Å²) in [5.74, 6) is 1.05. The van der Waals surface area contributed by atoms with Crippen LogP contribution in [0.4, 0.5) is 0 Å². The van der Waals surface area contributed by atoms with Crippen molar-refractivity contribution in [3.05, 3.63) is 30.3 Å². The summed E-state index contributed by atoms with van der Waals surface area (Å²) in [7, 11) is 0. The first-order chi connectivity index (χ1) is 21.9. The predicted molar refractivity (Wildman–Crippen MR) is 185 cm³/mol. The number of piperidine rings is 1. The number of hydrogen-bond acceptors (Lipinski definition) is 7. The molecule has 9 nitrogen and oxygen atoms in total. The number of carbonyl (C=O) groups excluding carboxylic acids is 3. The molecule has 3 aliphatic rings. The molecule has 4 N–H and O–H groups in total. The van der Waals surface area contributed by atoms with Gasteiger partial charge in [-0.05, 0) is 89.4 Å². The van der Waals surface area contributed by atoms with E-state index in [0.29, 0.717) is 30.7 Å². The Morgan fingerprint density at radius 3 is 2.33 bits per heavy atom. The van der Waals surface area contributed by atoms with E-state index in [4.69, 9.17) is 0 Å². The summed E-state index contributed by atoms with van der Waals surface area (Å²) >= 11 is 1.59. The summed E-state index contributed by atoms with van der Waals surface area (Å²) in [6.07, 6.45) is 7.57. The first kappa shape index (κ1) is 36.7. The Kier molecular flexibility index (Phi) is 13.8. The maximum absolute atomic E-state index is 13.9. The zero-order chi connectivity index (χ0) is 33.3. The Balaban J connectivity index is 1.50. The average Bonchev–Trinajstić information content (AvgIpc) is 3.53. The number of β-amino-alcohol motifs (C(OH)–C–C–N with tert-alkyl or cyclic N) is 1. The van der Waals surface area contributed by atoms with E-state index in [9.17, 15) is 19.5 Å². The van der Waals surface area contributed by atoms with Crippen LogP contribution in [0.2, 0.25) is 0 Å². The minimum Gasteiger partial charge on any atom is -0.390 e. The number of nitrogens with zero attached hydrogens (tertiary/aromatic N) is 2. The molecule has 1 aromatic rings. The largest absolute Gasteiger partial charge is 0.390 e. The van der Waals surface area contributed by atoms with Crippen molar-refractivity contribution in [3.8, 4) is 0 Å². The third-order valence-electron chi connectivity index (χ3n) is 10.1. The van der Waals surface area contributed by atoms with E-state index in [2.05, 4.69) is 25.8 Å². The van der Waals surface area contributed by atoms with Gasteiger partial charge in [-0.25, -0.2) is 0 Å². The van der Waals surface area contributed by atoms with E-state index in [-0.39, 0.29) is 35.2 Å². The Hall–Kier alpha value is -2.14. The van der Waals surface area contributed by atoms with Gasteiger partial charge in [0.15, 0.2) is 0 Å². The minimum atomic E-state index is -0.900. The van der Waals surface area contributed by atoms with Crippen LogP contribution in [-0.4, -0.2) is 101 Å². The molecule has 0 radical (unpaired) electrons. The highest BCUT2D eigenvalue weighted by molar-refractivity contribution is 7.99. The molecule has 258 valence electrons. The molecule has 7 atom stereocenters. The SMILES string of the molecule is CCC(C)C(NC(=O)CN1CCCC1)C(=O)NC(CSc1ccccc1)C(O)CN1CC2CCCCC2CC1C(=O)NC(C)(C)C. The van der Waals surface area contributed by atoms with Crippen LogP contribution in [0, 0.1) is 17.8 Å². The van der Waals surface area contributed by atoms with E-state index in [1.807, 2.05) is 65.0 Å². The van der Waals surface area contributed by atoms with Crippen molar-refractivity contribution in [2.75, 3.05) is 38.5 Å². The fraction of sp³-hybridized carbons (Fsp3) is 0.750. The van der Waals surface area contributed by atoms with Crippen LogP contribution in [0.5, 0.6) is 0 Å². The minimum absolute atomic E-state index is 0.0144. The monoisotopic (exact) mass is 657 g/mol. The lowest BCUT2D eigenvalue weighted by Gasteiger charge is -2.47. The number of likely N-dealkylation sites (tertiary alicyclic amines) is 2. The van der Waals surface area contributed by atoms with Crippen LogP contribution in [0.1, 0.15) is 86.0 Å². The van der Waals surface area contributed by atoms with Gasteiger partial charge in [0.25, 0.3) is 0 Å². The summed E-state index contributed by atoms with van der Waals surface area (Å²) in [6.45, 7) is 13.2. The Labute approximate surface area is 281 Å². The molecular weight excluding hydrogens is 598 g/mol. The number of fused-ring (bicyclic) bond motifs is 1. The topological polar surface area (TPSA) is 114 Å². The Morgan fingerprint density at radius 1 is 1.00 bits per heavy atom. The van der Waals surface area contributed by atoms with Crippen molar-refractivity contribution >= 4 is 29.5 Å². The molecule has 2 aliphatic heterocycles. The first-order valence-corrected chi connectivity index (χ1v) is 18.7. The van der Waals surface area contributed by atoms with Crippen molar-refractivity contribution < 1.29 is 19.5 Å². The molecule has 3 fully saturated rings. The zero-order valence-electron chi connectivity index (χ0n) is 28.8. The number of thioether (sulfide) groups is 1. The van der Waals surface area contributed by atoms with E-state index in [1.165, 1.54) is 12.8 Å². The maximum atomic E-state index is 13.9. The molecule has 4 rings (SSSR count). The number of benzene rings is 1. The normalized spacial score (nSPS) is 25.1. The maximum Gasteiger partial charge on any atom is 0.243 e. The van der Waals surface area contributed by atoms with Crippen LogP contribution in [0.3, 0.4) is 0 Å². The Morgan fingerprint density at radius 2 is 1.67 bits per heavy atom. The summed E-state index contributed by atoms with van der Waals surface area (Å²) in [6, 6.07) is 8.40. The Bertz CT molecular complexity index is 1130. The fourth-order valence-corrected chi connectivity index (χ4v) is 8.31. The van der Waals surface area contributed by atoms with E-state index < -0.39 is 18.2 Å². The zero-order valence-corrected chi connectivity index (χ0v) is 29.6. The second-order valence-electron chi connectivity index (χ2n) is 15.0. The van der Waals surface area contributed by atoms with Gasteiger partial charge < -0.3 is 21.1 Å². The van der Waals surface area contributed by atoms with Gasteiger partial charge in [-0.3, -0.25) is 24.2 Å². The van der Waals surface area contributed by atoms with Gasteiger partial charge in [0.2, 0.25) is 17.7 Å². The summed E-state index contributed by atoms with van der Waals surface area (Å²) in [5.41, 5.74) is -0.349. The highest BCUT2D eigenvalue weighted by atomic mass is 32.2. The van der Waals surface area contributed by atoms with Crippen LogP contribution in [0.15, 0.2) is 35.2 Å². The second-order valence-corrected chi connectivity index (χ2v) is 16.1. The van der Waals surface area contributed by atoms with Crippen molar-refractivity contribution in [2.24, 2.45) is 17.8 Å². The highest BCUT2D eigenvalue weighted by Gasteiger charge is 2.42. The number of nitrogens with one attached hydrogen (secondary N) is 3. The number of hydrogen-bond donors (Lipinski definition) is 4. The van der Waals surface area contributed by atoms with Crippen molar-refractivity contribution in [1.29, 1.82) is 0 Å². The van der Waals surface area contributed by atoms with Gasteiger partial charge in [0.1, 0.15) is 6.04 Å². The van der Waals surface area contributed by atoms with E-state index in [1.54, 1.807) is 11.8 Å². The van der Waals surface area contributed by atoms with E-state index >= 15 is 0 Å². The summed E-state index contributed by atoms with van der Waals surface area (Å²) < 4.78 is 0. The molecule has 0 aromatic heterocycles. The molecule has 1 saturated carbocycles. The third-order valence-corrected chi connectivity index (χ3v) is 11.2. The molecule has 0 bridgehead atoms. The fourth-order valence-electron chi connectivity index (χ4n) is 7.28. The summed E-state index contributed by atoms with van der Waals surface area (Å²) in [5, 5.41) is 21.3. The quantitative estimate of drug-likeness (QED) is 0.223. The first-order valence-electron chi connectivity index (χ1n) is 17.7. The lowest BCUT2D eigenvalue weighted by Crippen LogP contribution is -2.61. The van der Waals surface area contributed by atoms with Crippen LogP contribution in [0.25, 0.3) is 0 Å². The second kappa shape index (κ2) is 17.3. The number of rotatable bonds is 14. The van der Waals surface area contributed by atoms with E-state index in [0.717, 1.165) is 63.1 Å². The molecular formula is C36H59N5O4S. The molecule has 2 heterocycles. The van der Waals surface area contributed by atoms with Crippen molar-refractivity contribution in [3.63, 3.8) is 0 Å². The lowest BCUT2D eigenvalue weighted by molar-refractivity contribution is -0.133. The molecule has 3 amide bonds. The molecule has 1 aliphatic carbocycles.